The van der Waals surface area contributed by atoms with Crippen LogP contribution in [0.2, 0.25) is 0 Å². The molecule has 1 aliphatic heterocycles. The molecule has 1 unspecified atom stereocenters. The fourth-order valence-corrected chi connectivity index (χ4v) is 2.51. The molecular formula is C14H17BrFNO2. The number of carbonyl (C=O) groups excluding carboxylic acids is 1. The van der Waals surface area contributed by atoms with Crippen LogP contribution in [0.3, 0.4) is 0 Å². The second-order valence-electron chi connectivity index (χ2n) is 4.84. The molecular weight excluding hydrogens is 313 g/mol. The van der Waals surface area contributed by atoms with Crippen molar-refractivity contribution >= 4 is 21.8 Å². The van der Waals surface area contributed by atoms with E-state index in [1.165, 1.54) is 6.07 Å². The van der Waals surface area contributed by atoms with Gasteiger partial charge in [-0.15, -0.1) is 0 Å². The van der Waals surface area contributed by atoms with Crippen LogP contribution in [0.4, 0.5) is 4.39 Å². The minimum Gasteiger partial charge on any atom is -0.381 e. The van der Waals surface area contributed by atoms with Gasteiger partial charge in [-0.3, -0.25) is 4.79 Å². The van der Waals surface area contributed by atoms with E-state index in [1.807, 2.05) is 6.92 Å². The summed E-state index contributed by atoms with van der Waals surface area (Å²) in [7, 11) is 0. The second kappa shape index (κ2) is 6.48. The van der Waals surface area contributed by atoms with Gasteiger partial charge in [-0.05, 0) is 59.8 Å². The maximum atomic E-state index is 13.4. The lowest BCUT2D eigenvalue weighted by Crippen LogP contribution is -2.40. The SMILES string of the molecule is CC(NC(=O)c1ccc(Br)c(F)c1)C1CCOCC1. The Morgan fingerprint density at radius 2 is 2.16 bits per heavy atom. The molecule has 1 saturated heterocycles. The molecule has 0 aliphatic carbocycles. The monoisotopic (exact) mass is 329 g/mol. The molecule has 1 atom stereocenters. The molecule has 1 aromatic rings. The molecule has 1 heterocycles. The first-order valence-electron chi connectivity index (χ1n) is 6.41. The number of hydrogen-bond donors (Lipinski definition) is 1. The first kappa shape index (κ1) is 14.5. The number of carbonyl (C=O) groups is 1. The minimum absolute atomic E-state index is 0.0723. The van der Waals surface area contributed by atoms with Crippen LogP contribution in [0.5, 0.6) is 0 Å². The topological polar surface area (TPSA) is 38.3 Å². The molecule has 5 heteroatoms. The normalized spacial score (nSPS) is 18.1. The number of nitrogens with one attached hydrogen (secondary N) is 1. The first-order chi connectivity index (χ1) is 9.08. The van der Waals surface area contributed by atoms with E-state index in [9.17, 15) is 9.18 Å². The Morgan fingerprint density at radius 3 is 2.79 bits per heavy atom. The molecule has 0 aromatic heterocycles. The van der Waals surface area contributed by atoms with Crippen molar-refractivity contribution in [2.24, 2.45) is 5.92 Å². The van der Waals surface area contributed by atoms with Crippen LogP contribution in [0.15, 0.2) is 22.7 Å². The van der Waals surface area contributed by atoms with Gasteiger partial charge in [0.1, 0.15) is 5.82 Å². The Hall–Kier alpha value is -0.940. The summed E-state index contributed by atoms with van der Waals surface area (Å²) in [4.78, 5) is 12.0. The quantitative estimate of drug-likeness (QED) is 0.925. The van der Waals surface area contributed by atoms with Crippen molar-refractivity contribution in [2.45, 2.75) is 25.8 Å². The number of amides is 1. The Kier molecular flexibility index (Phi) is 4.93. The molecule has 0 bridgehead atoms. The highest BCUT2D eigenvalue weighted by atomic mass is 79.9. The summed E-state index contributed by atoms with van der Waals surface area (Å²) in [6.07, 6.45) is 1.91. The van der Waals surface area contributed by atoms with Crippen molar-refractivity contribution in [3.05, 3.63) is 34.1 Å². The average Bonchev–Trinajstić information content (AvgIpc) is 2.42. The van der Waals surface area contributed by atoms with Crippen molar-refractivity contribution < 1.29 is 13.9 Å². The van der Waals surface area contributed by atoms with Gasteiger partial charge >= 0.3 is 0 Å². The van der Waals surface area contributed by atoms with E-state index >= 15 is 0 Å². The molecule has 19 heavy (non-hydrogen) atoms. The van der Waals surface area contributed by atoms with Gasteiger partial charge in [0.2, 0.25) is 0 Å². The van der Waals surface area contributed by atoms with Crippen LogP contribution in [0.1, 0.15) is 30.1 Å². The smallest absolute Gasteiger partial charge is 0.251 e. The van der Waals surface area contributed by atoms with Crippen molar-refractivity contribution in [1.82, 2.24) is 5.32 Å². The molecule has 1 N–H and O–H groups in total. The van der Waals surface area contributed by atoms with Crippen LogP contribution < -0.4 is 5.32 Å². The molecule has 1 aromatic carbocycles. The highest BCUT2D eigenvalue weighted by Crippen LogP contribution is 2.20. The third-order valence-corrected chi connectivity index (χ3v) is 4.16. The van der Waals surface area contributed by atoms with E-state index in [4.69, 9.17) is 4.74 Å². The number of hydrogen-bond acceptors (Lipinski definition) is 2. The Labute approximate surface area is 120 Å². The van der Waals surface area contributed by atoms with Crippen molar-refractivity contribution in [1.29, 1.82) is 0 Å². The van der Waals surface area contributed by atoms with Crippen LogP contribution >= 0.6 is 15.9 Å². The third-order valence-electron chi connectivity index (χ3n) is 3.51. The fourth-order valence-electron chi connectivity index (χ4n) is 2.26. The number of rotatable bonds is 3. The molecule has 1 fully saturated rings. The van der Waals surface area contributed by atoms with Crippen LogP contribution in [-0.2, 0) is 4.74 Å². The molecule has 2 rings (SSSR count). The van der Waals surface area contributed by atoms with Gasteiger partial charge in [0.05, 0.1) is 4.47 Å². The van der Waals surface area contributed by atoms with Gasteiger partial charge in [0, 0.05) is 24.8 Å². The zero-order valence-electron chi connectivity index (χ0n) is 10.8. The maximum absolute atomic E-state index is 13.4. The van der Waals surface area contributed by atoms with E-state index in [2.05, 4.69) is 21.2 Å². The van der Waals surface area contributed by atoms with Crippen molar-refractivity contribution in [2.75, 3.05) is 13.2 Å². The van der Waals surface area contributed by atoms with Crippen molar-refractivity contribution in [3.8, 4) is 0 Å². The zero-order chi connectivity index (χ0) is 13.8. The fraction of sp³-hybridized carbons (Fsp3) is 0.500. The number of benzene rings is 1. The zero-order valence-corrected chi connectivity index (χ0v) is 12.4. The van der Waals surface area contributed by atoms with Gasteiger partial charge in [-0.2, -0.15) is 0 Å². The molecule has 0 spiro atoms. The molecule has 1 aliphatic rings. The van der Waals surface area contributed by atoms with Gasteiger partial charge in [-0.1, -0.05) is 0 Å². The summed E-state index contributed by atoms with van der Waals surface area (Å²) < 4.78 is 19.1. The maximum Gasteiger partial charge on any atom is 0.251 e. The third kappa shape index (κ3) is 3.76. The summed E-state index contributed by atoms with van der Waals surface area (Å²) in [5.74, 6) is -0.227. The van der Waals surface area contributed by atoms with Gasteiger partial charge < -0.3 is 10.1 Å². The lowest BCUT2D eigenvalue weighted by molar-refractivity contribution is 0.0538. The van der Waals surface area contributed by atoms with E-state index in [0.717, 1.165) is 26.1 Å². The largest absolute Gasteiger partial charge is 0.381 e. The predicted octanol–water partition coefficient (Wildman–Crippen LogP) is 3.13. The molecule has 104 valence electrons. The lowest BCUT2D eigenvalue weighted by atomic mass is 9.93. The lowest BCUT2D eigenvalue weighted by Gasteiger charge is -2.28. The molecule has 0 saturated carbocycles. The minimum atomic E-state index is -0.425. The highest BCUT2D eigenvalue weighted by Gasteiger charge is 2.22. The van der Waals surface area contributed by atoms with E-state index < -0.39 is 5.82 Å². The summed E-state index contributed by atoms with van der Waals surface area (Å²) >= 11 is 3.07. The molecule has 3 nitrogen and oxygen atoms in total. The highest BCUT2D eigenvalue weighted by molar-refractivity contribution is 9.10. The molecule has 0 radical (unpaired) electrons. The number of halogens is 2. The van der Waals surface area contributed by atoms with Crippen LogP contribution in [-0.4, -0.2) is 25.2 Å². The Morgan fingerprint density at radius 1 is 1.47 bits per heavy atom. The van der Waals surface area contributed by atoms with Gasteiger partial charge in [0.25, 0.3) is 5.91 Å². The first-order valence-corrected chi connectivity index (χ1v) is 7.21. The van der Waals surface area contributed by atoms with E-state index in [0.29, 0.717) is 16.0 Å². The van der Waals surface area contributed by atoms with Gasteiger partial charge in [-0.25, -0.2) is 4.39 Å². The summed E-state index contributed by atoms with van der Waals surface area (Å²) in [6.45, 7) is 3.48. The van der Waals surface area contributed by atoms with Crippen molar-refractivity contribution in [3.63, 3.8) is 0 Å². The van der Waals surface area contributed by atoms with E-state index in [1.54, 1.807) is 12.1 Å². The molecule has 1 amide bonds. The van der Waals surface area contributed by atoms with E-state index in [-0.39, 0.29) is 11.9 Å². The summed E-state index contributed by atoms with van der Waals surface area (Å²) in [5.41, 5.74) is 0.347. The second-order valence-corrected chi connectivity index (χ2v) is 5.70. The number of ether oxygens (including phenoxy) is 1. The Balaban J connectivity index is 1.97. The standard InChI is InChI=1S/C14H17BrFNO2/c1-9(10-4-6-19-7-5-10)17-14(18)11-2-3-12(15)13(16)8-11/h2-3,8-10H,4-7H2,1H3,(H,17,18). The van der Waals surface area contributed by atoms with Gasteiger partial charge in [0.15, 0.2) is 0 Å². The predicted molar refractivity (Wildman–Crippen MR) is 74.6 cm³/mol. The van der Waals surface area contributed by atoms with Crippen LogP contribution in [0.25, 0.3) is 0 Å². The Bertz CT molecular complexity index is 461. The summed E-state index contributed by atoms with van der Waals surface area (Å²) in [6, 6.07) is 4.47. The van der Waals surface area contributed by atoms with Crippen LogP contribution in [0, 0.1) is 11.7 Å². The average molecular weight is 330 g/mol. The summed E-state index contributed by atoms with van der Waals surface area (Å²) in [5, 5.41) is 2.94.